The lowest BCUT2D eigenvalue weighted by molar-refractivity contribution is -0.383. The SMILES string of the molecule is CCP(=O)(OCOC(=O)c1ccc(Cl)cc1)c1cc(Oc2ncc(C(F)(F)F)cc2Cl)ccc1[N+](=O)[O-]. The molecule has 0 spiro atoms. The number of nitro groups is 1. The second-order valence-electron chi connectivity index (χ2n) is 7.19. The van der Waals surface area contributed by atoms with Crippen molar-refractivity contribution >= 4 is 47.5 Å². The minimum atomic E-state index is -4.68. The van der Waals surface area contributed by atoms with Crippen LogP contribution in [0.1, 0.15) is 22.8 Å². The predicted molar refractivity (Wildman–Crippen MR) is 128 cm³/mol. The highest BCUT2D eigenvalue weighted by Gasteiger charge is 2.34. The highest BCUT2D eigenvalue weighted by molar-refractivity contribution is 7.67. The van der Waals surface area contributed by atoms with E-state index in [2.05, 4.69) is 4.98 Å². The molecule has 0 fully saturated rings. The highest BCUT2D eigenvalue weighted by atomic mass is 35.5. The van der Waals surface area contributed by atoms with Gasteiger partial charge in [-0.2, -0.15) is 13.2 Å². The fourth-order valence-corrected chi connectivity index (χ4v) is 4.97. The average Bonchev–Trinajstić information content (AvgIpc) is 2.84. The van der Waals surface area contributed by atoms with E-state index in [0.29, 0.717) is 17.3 Å². The van der Waals surface area contributed by atoms with Gasteiger partial charge < -0.3 is 9.47 Å². The van der Waals surface area contributed by atoms with Crippen LogP contribution in [0.15, 0.2) is 54.7 Å². The summed E-state index contributed by atoms with van der Waals surface area (Å²) in [5.41, 5.74) is -1.54. The van der Waals surface area contributed by atoms with Crippen LogP contribution in [0.5, 0.6) is 11.6 Å². The molecule has 9 nitrogen and oxygen atoms in total. The first-order valence-electron chi connectivity index (χ1n) is 10.2. The maximum Gasteiger partial charge on any atom is 0.417 e. The molecule has 196 valence electrons. The van der Waals surface area contributed by atoms with E-state index in [-0.39, 0.29) is 22.8 Å². The van der Waals surface area contributed by atoms with Crippen LogP contribution in [0, 0.1) is 10.1 Å². The van der Waals surface area contributed by atoms with E-state index in [1.165, 1.54) is 31.2 Å². The molecule has 1 unspecified atom stereocenters. The van der Waals surface area contributed by atoms with Gasteiger partial charge in [-0.3, -0.25) is 19.2 Å². The topological polar surface area (TPSA) is 118 Å². The number of ether oxygens (including phenoxy) is 2. The molecule has 0 saturated carbocycles. The molecule has 37 heavy (non-hydrogen) atoms. The van der Waals surface area contributed by atoms with Gasteiger partial charge in [-0.25, -0.2) is 9.78 Å². The van der Waals surface area contributed by atoms with Crippen molar-refractivity contribution in [3.05, 3.63) is 86.0 Å². The van der Waals surface area contributed by atoms with Crippen molar-refractivity contribution in [1.29, 1.82) is 0 Å². The Kier molecular flexibility index (Phi) is 8.80. The summed E-state index contributed by atoms with van der Waals surface area (Å²) in [4.78, 5) is 26.5. The lowest BCUT2D eigenvalue weighted by Crippen LogP contribution is -2.17. The number of carbonyl (C=O) groups excluding carboxylic acids is 1. The lowest BCUT2D eigenvalue weighted by Gasteiger charge is -2.18. The fraction of sp³-hybridized carbons (Fsp3) is 0.182. The number of carbonyl (C=O) groups is 1. The zero-order valence-electron chi connectivity index (χ0n) is 18.7. The number of rotatable bonds is 9. The third-order valence-electron chi connectivity index (χ3n) is 4.81. The smallest absolute Gasteiger partial charge is 0.417 e. The van der Waals surface area contributed by atoms with Gasteiger partial charge in [-0.15, -0.1) is 0 Å². The van der Waals surface area contributed by atoms with E-state index in [9.17, 15) is 32.6 Å². The molecule has 0 radical (unpaired) electrons. The van der Waals surface area contributed by atoms with Crippen LogP contribution in [-0.4, -0.2) is 28.8 Å². The standard InChI is InChI=1S/C22H16Cl2F3N2O7P/c1-2-37(33,35-12-34-21(30)13-3-5-15(23)6-4-13)19-10-16(7-8-18(19)29(31)32)36-20-17(24)9-14(11-28-20)22(25,26)27/h3-11H,2,12H2,1H3. The Morgan fingerprint density at radius 1 is 1.14 bits per heavy atom. The maximum absolute atomic E-state index is 13.5. The molecule has 0 saturated heterocycles. The number of halogens is 5. The van der Waals surface area contributed by atoms with Crippen molar-refractivity contribution in [2.45, 2.75) is 13.1 Å². The van der Waals surface area contributed by atoms with Crippen LogP contribution in [0.25, 0.3) is 0 Å². The average molecular weight is 579 g/mol. The summed E-state index contributed by atoms with van der Waals surface area (Å²) < 4.78 is 67.8. The Morgan fingerprint density at radius 2 is 1.81 bits per heavy atom. The zero-order chi connectivity index (χ0) is 27.4. The summed E-state index contributed by atoms with van der Waals surface area (Å²) in [5, 5.41) is 11.1. The van der Waals surface area contributed by atoms with Gasteiger partial charge in [0.1, 0.15) is 16.1 Å². The minimum absolute atomic E-state index is 0.140. The normalized spacial score (nSPS) is 13.0. The van der Waals surface area contributed by atoms with Crippen LogP contribution in [0.2, 0.25) is 10.0 Å². The molecule has 0 aliphatic rings. The first kappa shape index (κ1) is 28.4. The third kappa shape index (κ3) is 6.98. The van der Waals surface area contributed by atoms with Gasteiger partial charge in [-0.1, -0.05) is 30.1 Å². The quantitative estimate of drug-likeness (QED) is 0.0887. The molecule has 3 aromatic rings. The number of nitro benzene ring substituents is 1. The number of nitrogens with zero attached hydrogens (tertiary/aromatic N) is 2. The summed E-state index contributed by atoms with van der Waals surface area (Å²) in [7, 11) is -4.00. The molecule has 0 amide bonds. The molecule has 0 bridgehead atoms. The largest absolute Gasteiger partial charge is 0.438 e. The van der Waals surface area contributed by atoms with Crippen molar-refractivity contribution in [3.8, 4) is 11.6 Å². The number of pyridine rings is 1. The van der Waals surface area contributed by atoms with E-state index < -0.39 is 53.4 Å². The van der Waals surface area contributed by atoms with E-state index in [1.807, 2.05) is 0 Å². The molecule has 0 aliphatic heterocycles. The predicted octanol–water partition coefficient (Wildman–Crippen LogP) is 6.86. The van der Waals surface area contributed by atoms with Crippen LogP contribution in [0.4, 0.5) is 18.9 Å². The summed E-state index contributed by atoms with van der Waals surface area (Å²) in [6.45, 7) is 0.647. The lowest BCUT2D eigenvalue weighted by atomic mass is 10.2. The molecule has 1 heterocycles. The molecule has 15 heteroatoms. The second-order valence-corrected chi connectivity index (χ2v) is 10.8. The van der Waals surface area contributed by atoms with Crippen LogP contribution in [-0.2, 0) is 20.0 Å². The van der Waals surface area contributed by atoms with E-state index in [1.54, 1.807) is 0 Å². The summed E-state index contributed by atoms with van der Waals surface area (Å²) in [6, 6.07) is 9.45. The number of aromatic nitrogens is 1. The molecule has 2 aromatic carbocycles. The molecular formula is C22H16Cl2F3N2O7P. The molecular weight excluding hydrogens is 563 g/mol. The monoisotopic (exact) mass is 578 g/mol. The second kappa shape index (κ2) is 11.5. The van der Waals surface area contributed by atoms with E-state index in [0.717, 1.165) is 18.2 Å². The molecule has 1 atom stereocenters. The first-order chi connectivity index (χ1) is 17.3. The Morgan fingerprint density at radius 3 is 2.38 bits per heavy atom. The van der Waals surface area contributed by atoms with E-state index in [4.69, 9.17) is 37.2 Å². The Hall–Kier alpha value is -3.18. The van der Waals surface area contributed by atoms with Crippen molar-refractivity contribution in [3.63, 3.8) is 0 Å². The highest BCUT2D eigenvalue weighted by Crippen LogP contribution is 2.48. The van der Waals surface area contributed by atoms with Crippen LogP contribution < -0.4 is 10.0 Å². The van der Waals surface area contributed by atoms with Gasteiger partial charge in [0.2, 0.25) is 13.2 Å². The molecule has 0 N–H and O–H groups in total. The van der Waals surface area contributed by atoms with E-state index >= 15 is 0 Å². The summed E-state index contributed by atoms with van der Waals surface area (Å²) >= 11 is 11.6. The first-order valence-corrected chi connectivity index (χ1v) is 12.8. The van der Waals surface area contributed by atoms with Crippen molar-refractivity contribution in [2.24, 2.45) is 0 Å². The minimum Gasteiger partial charge on any atom is -0.438 e. The van der Waals surface area contributed by atoms with Crippen molar-refractivity contribution < 1.29 is 41.5 Å². The third-order valence-corrected chi connectivity index (χ3v) is 7.78. The fourth-order valence-electron chi connectivity index (χ4n) is 2.93. The molecule has 0 aliphatic carbocycles. The summed E-state index contributed by atoms with van der Waals surface area (Å²) in [5.74, 6) is -1.39. The molecule has 1 aromatic heterocycles. The van der Waals surface area contributed by atoms with Crippen molar-refractivity contribution in [2.75, 3.05) is 13.0 Å². The Bertz CT molecular complexity index is 1370. The summed E-state index contributed by atoms with van der Waals surface area (Å²) in [6.07, 6.45) is -4.41. The van der Waals surface area contributed by atoms with Gasteiger partial charge in [-0.05, 0) is 36.4 Å². The Labute approximate surface area is 217 Å². The van der Waals surface area contributed by atoms with Gasteiger partial charge in [0, 0.05) is 29.5 Å². The van der Waals surface area contributed by atoms with Gasteiger partial charge >= 0.3 is 12.1 Å². The van der Waals surface area contributed by atoms with Crippen molar-refractivity contribution in [1.82, 2.24) is 4.98 Å². The number of hydrogen-bond acceptors (Lipinski definition) is 8. The van der Waals surface area contributed by atoms with Gasteiger partial charge in [0.15, 0.2) is 6.79 Å². The number of esters is 1. The number of hydrogen-bond donors (Lipinski definition) is 0. The van der Waals surface area contributed by atoms with Gasteiger partial charge in [0.25, 0.3) is 5.69 Å². The maximum atomic E-state index is 13.5. The molecule has 3 rings (SSSR count). The number of benzene rings is 2. The number of alkyl halides is 3. The van der Waals surface area contributed by atoms with Crippen LogP contribution >= 0.6 is 30.6 Å². The zero-order valence-corrected chi connectivity index (χ0v) is 21.1. The van der Waals surface area contributed by atoms with Crippen LogP contribution in [0.3, 0.4) is 0 Å². The van der Waals surface area contributed by atoms with Gasteiger partial charge in [0.05, 0.1) is 16.1 Å². The Balaban J connectivity index is 1.84.